The molecule has 1 N–H and O–H groups in total. The number of hydrogen-bond acceptors (Lipinski definition) is 2. The summed E-state index contributed by atoms with van der Waals surface area (Å²) in [6, 6.07) is 0. The standard InChI is InChI=1S/C7H12O3/c1-6(3-2-4-8)5-7(9)10/h4,6H,2-3,5H2,1H3,(H,9,10). The average Bonchev–Trinajstić information content (AvgIpc) is 1.82. The maximum atomic E-state index is 10.1. The average molecular weight is 144 g/mol. The summed E-state index contributed by atoms with van der Waals surface area (Å²) in [5.74, 6) is -0.680. The molecule has 0 saturated carbocycles. The maximum absolute atomic E-state index is 10.1. The van der Waals surface area contributed by atoms with Crippen molar-refractivity contribution in [3.05, 3.63) is 0 Å². The van der Waals surface area contributed by atoms with Crippen LogP contribution in [0.5, 0.6) is 0 Å². The molecule has 10 heavy (non-hydrogen) atoms. The SMILES string of the molecule is CC(CCC=O)CC(=O)O. The van der Waals surface area contributed by atoms with Crippen molar-refractivity contribution in [3.8, 4) is 0 Å². The largest absolute Gasteiger partial charge is 0.481 e. The van der Waals surface area contributed by atoms with Crippen LogP contribution in [0.15, 0.2) is 0 Å². The van der Waals surface area contributed by atoms with Gasteiger partial charge in [0, 0.05) is 12.8 Å². The third-order valence-electron chi connectivity index (χ3n) is 1.30. The lowest BCUT2D eigenvalue weighted by atomic mass is 10.0. The monoisotopic (exact) mass is 144 g/mol. The Kier molecular flexibility index (Phi) is 4.54. The quantitative estimate of drug-likeness (QED) is 0.587. The molecular formula is C7H12O3. The number of carboxylic acids is 1. The fourth-order valence-corrected chi connectivity index (χ4v) is 0.753. The highest BCUT2D eigenvalue weighted by Gasteiger charge is 2.05. The molecule has 1 unspecified atom stereocenters. The van der Waals surface area contributed by atoms with Crippen molar-refractivity contribution >= 4 is 12.3 Å². The molecule has 0 spiro atoms. The van der Waals surface area contributed by atoms with Gasteiger partial charge in [-0.1, -0.05) is 6.92 Å². The van der Waals surface area contributed by atoms with Gasteiger partial charge in [0.05, 0.1) is 0 Å². The van der Waals surface area contributed by atoms with E-state index >= 15 is 0 Å². The molecule has 3 nitrogen and oxygen atoms in total. The second-order valence-corrected chi connectivity index (χ2v) is 2.45. The molecule has 0 bridgehead atoms. The van der Waals surface area contributed by atoms with E-state index in [1.807, 2.05) is 6.92 Å². The summed E-state index contributed by atoms with van der Waals surface area (Å²) in [5, 5.41) is 8.29. The van der Waals surface area contributed by atoms with Crippen LogP contribution < -0.4 is 0 Å². The first-order chi connectivity index (χ1) is 4.66. The van der Waals surface area contributed by atoms with Gasteiger partial charge in [-0.05, 0) is 12.3 Å². The number of carbonyl (C=O) groups is 2. The number of aliphatic carboxylic acids is 1. The molecule has 0 radical (unpaired) electrons. The van der Waals surface area contributed by atoms with Gasteiger partial charge >= 0.3 is 5.97 Å². The molecule has 0 aliphatic rings. The van der Waals surface area contributed by atoms with E-state index in [9.17, 15) is 9.59 Å². The van der Waals surface area contributed by atoms with Crippen molar-refractivity contribution in [1.29, 1.82) is 0 Å². The van der Waals surface area contributed by atoms with Crippen LogP contribution in [0.2, 0.25) is 0 Å². The third kappa shape index (κ3) is 5.28. The Morgan fingerprint density at radius 2 is 2.30 bits per heavy atom. The summed E-state index contributed by atoms with van der Waals surface area (Å²) in [4.78, 5) is 19.9. The van der Waals surface area contributed by atoms with E-state index in [0.717, 1.165) is 6.29 Å². The van der Waals surface area contributed by atoms with Crippen LogP contribution in [0.3, 0.4) is 0 Å². The molecule has 0 amide bonds. The van der Waals surface area contributed by atoms with Gasteiger partial charge in [0.25, 0.3) is 0 Å². The maximum Gasteiger partial charge on any atom is 0.303 e. The van der Waals surface area contributed by atoms with Crippen LogP contribution in [0.25, 0.3) is 0 Å². The van der Waals surface area contributed by atoms with E-state index in [0.29, 0.717) is 12.8 Å². The van der Waals surface area contributed by atoms with Gasteiger partial charge in [0.1, 0.15) is 6.29 Å². The zero-order chi connectivity index (χ0) is 7.98. The molecule has 3 heteroatoms. The normalized spacial score (nSPS) is 12.5. The molecule has 0 aliphatic heterocycles. The highest BCUT2D eigenvalue weighted by Crippen LogP contribution is 2.08. The van der Waals surface area contributed by atoms with Crippen LogP contribution in [0.4, 0.5) is 0 Å². The van der Waals surface area contributed by atoms with E-state index in [2.05, 4.69) is 0 Å². The molecule has 0 heterocycles. The molecule has 0 rings (SSSR count). The van der Waals surface area contributed by atoms with Crippen LogP contribution in [-0.2, 0) is 9.59 Å². The molecular weight excluding hydrogens is 132 g/mol. The van der Waals surface area contributed by atoms with Gasteiger partial charge in [-0.3, -0.25) is 4.79 Å². The zero-order valence-corrected chi connectivity index (χ0v) is 6.04. The highest BCUT2D eigenvalue weighted by atomic mass is 16.4. The highest BCUT2D eigenvalue weighted by molar-refractivity contribution is 5.67. The predicted octanol–water partition coefficient (Wildman–Crippen LogP) is 1.08. The molecule has 0 aromatic rings. The predicted molar refractivity (Wildman–Crippen MR) is 36.7 cm³/mol. The van der Waals surface area contributed by atoms with Crippen molar-refractivity contribution < 1.29 is 14.7 Å². The third-order valence-corrected chi connectivity index (χ3v) is 1.30. The van der Waals surface area contributed by atoms with Crippen molar-refractivity contribution in [2.45, 2.75) is 26.2 Å². The minimum Gasteiger partial charge on any atom is -0.481 e. The number of carbonyl (C=O) groups excluding carboxylic acids is 1. The van der Waals surface area contributed by atoms with Crippen LogP contribution in [0, 0.1) is 5.92 Å². The Bertz CT molecular complexity index is 120. The Balaban J connectivity index is 3.33. The fourth-order valence-electron chi connectivity index (χ4n) is 0.753. The lowest BCUT2D eigenvalue weighted by Gasteiger charge is -2.03. The lowest BCUT2D eigenvalue weighted by Crippen LogP contribution is -2.03. The first-order valence-electron chi connectivity index (χ1n) is 3.32. The van der Waals surface area contributed by atoms with Crippen molar-refractivity contribution in [3.63, 3.8) is 0 Å². The summed E-state index contributed by atoms with van der Waals surface area (Å²) in [6.45, 7) is 1.83. The Labute approximate surface area is 60.0 Å². The van der Waals surface area contributed by atoms with E-state index in [-0.39, 0.29) is 12.3 Å². The molecule has 0 saturated heterocycles. The van der Waals surface area contributed by atoms with Crippen LogP contribution in [-0.4, -0.2) is 17.4 Å². The van der Waals surface area contributed by atoms with Gasteiger partial charge in [-0.25, -0.2) is 0 Å². The van der Waals surface area contributed by atoms with Crippen molar-refractivity contribution in [1.82, 2.24) is 0 Å². The summed E-state index contributed by atoms with van der Waals surface area (Å²) in [7, 11) is 0. The van der Waals surface area contributed by atoms with E-state index in [4.69, 9.17) is 5.11 Å². The van der Waals surface area contributed by atoms with Gasteiger partial charge < -0.3 is 9.90 Å². The summed E-state index contributed by atoms with van der Waals surface area (Å²) in [6.07, 6.45) is 2.12. The number of hydrogen-bond donors (Lipinski definition) is 1. The number of rotatable bonds is 5. The van der Waals surface area contributed by atoms with E-state index in [1.54, 1.807) is 0 Å². The summed E-state index contributed by atoms with van der Waals surface area (Å²) >= 11 is 0. The van der Waals surface area contributed by atoms with Gasteiger partial charge in [0.15, 0.2) is 0 Å². The Morgan fingerprint density at radius 3 is 2.70 bits per heavy atom. The molecule has 0 aromatic heterocycles. The smallest absolute Gasteiger partial charge is 0.303 e. The fraction of sp³-hybridized carbons (Fsp3) is 0.714. The molecule has 0 aliphatic carbocycles. The van der Waals surface area contributed by atoms with E-state index in [1.165, 1.54) is 0 Å². The van der Waals surface area contributed by atoms with E-state index < -0.39 is 5.97 Å². The van der Waals surface area contributed by atoms with Crippen molar-refractivity contribution in [2.24, 2.45) is 5.92 Å². The summed E-state index contributed by atoms with van der Waals surface area (Å²) < 4.78 is 0. The Morgan fingerprint density at radius 1 is 1.70 bits per heavy atom. The molecule has 1 atom stereocenters. The second kappa shape index (κ2) is 4.97. The second-order valence-electron chi connectivity index (χ2n) is 2.45. The lowest BCUT2D eigenvalue weighted by molar-refractivity contribution is -0.138. The molecule has 58 valence electrons. The molecule has 0 aromatic carbocycles. The minimum atomic E-state index is -0.793. The molecule has 0 fully saturated rings. The number of carboxylic acid groups (broad SMARTS) is 1. The van der Waals surface area contributed by atoms with Gasteiger partial charge in [0.2, 0.25) is 0 Å². The van der Waals surface area contributed by atoms with Crippen LogP contribution in [0.1, 0.15) is 26.2 Å². The van der Waals surface area contributed by atoms with Crippen LogP contribution >= 0.6 is 0 Å². The van der Waals surface area contributed by atoms with Gasteiger partial charge in [-0.2, -0.15) is 0 Å². The zero-order valence-electron chi connectivity index (χ0n) is 6.04. The van der Waals surface area contributed by atoms with Crippen molar-refractivity contribution in [2.75, 3.05) is 0 Å². The first kappa shape index (κ1) is 9.14. The Hall–Kier alpha value is -0.860. The first-order valence-corrected chi connectivity index (χ1v) is 3.32. The topological polar surface area (TPSA) is 54.4 Å². The summed E-state index contributed by atoms with van der Waals surface area (Å²) in [5.41, 5.74) is 0. The number of aldehydes is 1. The minimum absolute atomic E-state index is 0.114. The van der Waals surface area contributed by atoms with Gasteiger partial charge in [-0.15, -0.1) is 0 Å².